The molecular weight excluding hydrogens is 422 g/mol. The first kappa shape index (κ1) is 22.4. The highest BCUT2D eigenvalue weighted by molar-refractivity contribution is 5.94. The number of aromatic nitrogens is 1. The number of benzene rings is 3. The minimum Gasteiger partial charge on any atom is -0.478 e. The molecule has 3 aromatic carbocycles. The number of pyridine rings is 1. The van der Waals surface area contributed by atoms with E-state index in [1.54, 1.807) is 36.4 Å². The lowest BCUT2D eigenvalue weighted by atomic mass is 9.94. The minimum atomic E-state index is -2.55. The first-order valence-electron chi connectivity index (χ1n) is 10.6. The van der Waals surface area contributed by atoms with Crippen molar-refractivity contribution < 1.29 is 18.7 Å². The standard InChI is InChI=1S/C27H24F2N2O2/c1-15-11-22(17(3)30-24-10-5-4-9-20(24)27(32)33)23-14-21(16(2)31-25(23)12-15)18-7-6-8-19(13-18)26(28)29/h4-14,17,26,30H,1-3H3,(H,32,33). The van der Waals surface area contributed by atoms with Crippen LogP contribution in [0.3, 0.4) is 0 Å². The molecule has 0 radical (unpaired) electrons. The second-order valence-corrected chi connectivity index (χ2v) is 8.19. The number of hydrogen-bond acceptors (Lipinski definition) is 3. The highest BCUT2D eigenvalue weighted by atomic mass is 19.3. The number of para-hydroxylation sites is 1. The second kappa shape index (κ2) is 8.98. The van der Waals surface area contributed by atoms with E-state index >= 15 is 0 Å². The minimum absolute atomic E-state index is 0.0311. The zero-order valence-electron chi connectivity index (χ0n) is 18.6. The van der Waals surface area contributed by atoms with Crippen molar-refractivity contribution in [3.8, 4) is 11.1 Å². The number of hydrogen-bond donors (Lipinski definition) is 2. The van der Waals surface area contributed by atoms with Crippen LogP contribution in [0.15, 0.2) is 66.7 Å². The maximum absolute atomic E-state index is 13.3. The van der Waals surface area contributed by atoms with Crippen molar-refractivity contribution in [2.24, 2.45) is 0 Å². The molecule has 4 nitrogen and oxygen atoms in total. The Balaban J connectivity index is 1.83. The number of halogens is 2. The third-order valence-electron chi connectivity index (χ3n) is 5.75. The summed E-state index contributed by atoms with van der Waals surface area (Å²) >= 11 is 0. The van der Waals surface area contributed by atoms with E-state index in [4.69, 9.17) is 4.98 Å². The first-order chi connectivity index (χ1) is 15.7. The number of aryl methyl sites for hydroxylation is 2. The number of alkyl halides is 2. The molecular formula is C27H24F2N2O2. The number of carboxylic acid groups (broad SMARTS) is 1. The van der Waals surface area contributed by atoms with Gasteiger partial charge in [-0.05, 0) is 67.8 Å². The molecule has 0 aliphatic heterocycles. The number of nitrogens with zero attached hydrogens (tertiary/aromatic N) is 1. The van der Waals surface area contributed by atoms with Gasteiger partial charge in [0, 0.05) is 33.9 Å². The van der Waals surface area contributed by atoms with E-state index < -0.39 is 12.4 Å². The fraction of sp³-hybridized carbons (Fsp3) is 0.185. The van der Waals surface area contributed by atoms with Crippen LogP contribution in [0.1, 0.15) is 52.1 Å². The van der Waals surface area contributed by atoms with Gasteiger partial charge in [-0.1, -0.05) is 36.4 Å². The molecule has 1 unspecified atom stereocenters. The highest BCUT2D eigenvalue weighted by Gasteiger charge is 2.17. The summed E-state index contributed by atoms with van der Waals surface area (Å²) < 4.78 is 26.5. The van der Waals surface area contributed by atoms with Crippen LogP contribution in [-0.4, -0.2) is 16.1 Å². The summed E-state index contributed by atoms with van der Waals surface area (Å²) in [6, 6.07) is 18.9. The zero-order valence-corrected chi connectivity index (χ0v) is 18.6. The van der Waals surface area contributed by atoms with E-state index in [0.717, 1.165) is 33.3 Å². The molecule has 1 atom stereocenters. The fourth-order valence-electron chi connectivity index (χ4n) is 4.14. The Hall–Kier alpha value is -3.80. The van der Waals surface area contributed by atoms with Crippen molar-refractivity contribution in [3.63, 3.8) is 0 Å². The smallest absolute Gasteiger partial charge is 0.337 e. The first-order valence-corrected chi connectivity index (χ1v) is 10.6. The van der Waals surface area contributed by atoms with Crippen molar-refractivity contribution in [1.82, 2.24) is 4.98 Å². The predicted molar refractivity (Wildman–Crippen MR) is 127 cm³/mol. The lowest BCUT2D eigenvalue weighted by Crippen LogP contribution is -2.11. The molecule has 168 valence electrons. The van der Waals surface area contributed by atoms with Gasteiger partial charge < -0.3 is 10.4 Å². The Bertz CT molecular complexity index is 1350. The number of nitrogens with one attached hydrogen (secondary N) is 1. The van der Waals surface area contributed by atoms with Crippen molar-refractivity contribution in [1.29, 1.82) is 0 Å². The summed E-state index contributed by atoms with van der Waals surface area (Å²) in [5.41, 5.74) is 5.68. The molecule has 2 N–H and O–H groups in total. The normalized spacial score (nSPS) is 12.2. The molecule has 0 fully saturated rings. The van der Waals surface area contributed by atoms with E-state index in [0.29, 0.717) is 11.3 Å². The van der Waals surface area contributed by atoms with Crippen LogP contribution in [0.2, 0.25) is 0 Å². The number of carboxylic acids is 1. The molecule has 4 aromatic rings. The Kier molecular flexibility index (Phi) is 6.09. The molecule has 0 saturated carbocycles. The van der Waals surface area contributed by atoms with Gasteiger partial charge in [-0.15, -0.1) is 0 Å². The van der Waals surface area contributed by atoms with E-state index in [1.807, 2.05) is 39.0 Å². The lowest BCUT2D eigenvalue weighted by Gasteiger charge is -2.20. The van der Waals surface area contributed by atoms with Crippen molar-refractivity contribution >= 4 is 22.6 Å². The number of carbonyl (C=O) groups is 1. The van der Waals surface area contributed by atoms with Crippen LogP contribution in [0.5, 0.6) is 0 Å². The van der Waals surface area contributed by atoms with Gasteiger partial charge in [0.15, 0.2) is 0 Å². The maximum atomic E-state index is 13.3. The summed E-state index contributed by atoms with van der Waals surface area (Å²) in [6.07, 6.45) is -2.55. The van der Waals surface area contributed by atoms with Crippen molar-refractivity contribution in [2.45, 2.75) is 33.2 Å². The summed E-state index contributed by atoms with van der Waals surface area (Å²) in [4.78, 5) is 16.4. The summed E-state index contributed by atoms with van der Waals surface area (Å²) in [7, 11) is 0. The van der Waals surface area contributed by atoms with Gasteiger partial charge in [0.25, 0.3) is 6.43 Å². The monoisotopic (exact) mass is 446 g/mol. The molecule has 0 amide bonds. The number of rotatable bonds is 6. The Morgan fingerprint density at radius 1 is 1.00 bits per heavy atom. The number of fused-ring (bicyclic) bond motifs is 1. The van der Waals surface area contributed by atoms with Crippen LogP contribution in [0.4, 0.5) is 14.5 Å². The average Bonchev–Trinajstić information content (AvgIpc) is 2.78. The predicted octanol–water partition coefficient (Wildman–Crippen LogP) is 7.33. The van der Waals surface area contributed by atoms with Gasteiger partial charge in [-0.3, -0.25) is 4.98 Å². The molecule has 0 aliphatic rings. The Morgan fingerprint density at radius 3 is 2.48 bits per heavy atom. The summed E-state index contributed by atoms with van der Waals surface area (Å²) in [5, 5.41) is 13.7. The van der Waals surface area contributed by atoms with Crippen LogP contribution in [0.25, 0.3) is 22.0 Å². The molecule has 6 heteroatoms. The third kappa shape index (κ3) is 4.55. The van der Waals surface area contributed by atoms with E-state index in [-0.39, 0.29) is 17.2 Å². The van der Waals surface area contributed by atoms with Gasteiger partial charge in [-0.2, -0.15) is 0 Å². The van der Waals surface area contributed by atoms with Crippen molar-refractivity contribution in [3.05, 3.63) is 94.7 Å². The zero-order chi connectivity index (χ0) is 23.7. The SMILES string of the molecule is Cc1cc(C(C)Nc2ccccc2C(=O)O)c2cc(-c3cccc(C(F)F)c3)c(C)nc2c1. The molecule has 0 aliphatic carbocycles. The van der Waals surface area contributed by atoms with Crippen LogP contribution in [0, 0.1) is 13.8 Å². The van der Waals surface area contributed by atoms with Gasteiger partial charge >= 0.3 is 5.97 Å². The molecule has 4 rings (SSSR count). The third-order valence-corrected chi connectivity index (χ3v) is 5.75. The van der Waals surface area contributed by atoms with E-state index in [2.05, 4.69) is 5.32 Å². The molecule has 0 saturated heterocycles. The van der Waals surface area contributed by atoms with Crippen molar-refractivity contribution in [2.75, 3.05) is 5.32 Å². The highest BCUT2D eigenvalue weighted by Crippen LogP contribution is 2.34. The second-order valence-electron chi connectivity index (χ2n) is 8.19. The summed E-state index contributed by atoms with van der Waals surface area (Å²) in [6.45, 7) is 5.82. The number of aromatic carboxylic acids is 1. The molecule has 1 heterocycles. The topological polar surface area (TPSA) is 62.2 Å². The average molecular weight is 446 g/mol. The fourth-order valence-corrected chi connectivity index (χ4v) is 4.14. The van der Waals surface area contributed by atoms with Gasteiger partial charge in [0.05, 0.1) is 11.1 Å². The molecule has 0 bridgehead atoms. The van der Waals surface area contributed by atoms with Gasteiger partial charge in [0.2, 0.25) is 0 Å². The maximum Gasteiger partial charge on any atom is 0.337 e. The molecule has 33 heavy (non-hydrogen) atoms. The Labute approximate surface area is 190 Å². The Morgan fingerprint density at radius 2 is 1.76 bits per heavy atom. The number of anilines is 1. The molecule has 1 aromatic heterocycles. The van der Waals surface area contributed by atoms with Crippen LogP contribution in [-0.2, 0) is 0 Å². The van der Waals surface area contributed by atoms with Gasteiger partial charge in [-0.25, -0.2) is 13.6 Å². The van der Waals surface area contributed by atoms with Gasteiger partial charge in [0.1, 0.15) is 0 Å². The largest absolute Gasteiger partial charge is 0.478 e. The quantitative estimate of drug-likeness (QED) is 0.326. The summed E-state index contributed by atoms with van der Waals surface area (Å²) in [5.74, 6) is -1.00. The lowest BCUT2D eigenvalue weighted by molar-refractivity contribution is 0.0698. The van der Waals surface area contributed by atoms with E-state index in [9.17, 15) is 18.7 Å². The van der Waals surface area contributed by atoms with E-state index in [1.165, 1.54) is 12.1 Å². The molecule has 0 spiro atoms. The van der Waals surface area contributed by atoms with Crippen LogP contribution < -0.4 is 5.32 Å². The van der Waals surface area contributed by atoms with Crippen LogP contribution >= 0.6 is 0 Å².